The smallest absolute Gasteiger partial charge is 0.132 e. The first-order valence-corrected chi connectivity index (χ1v) is 6.02. The maximum absolute atomic E-state index is 13.6. The largest absolute Gasteiger partial charge is 0.341 e. The Hall–Kier alpha value is -2.10. The first-order valence-electron chi connectivity index (χ1n) is 6.02. The average Bonchev–Trinajstić information content (AvgIpc) is 2.98. The van der Waals surface area contributed by atoms with E-state index >= 15 is 0 Å². The fraction of sp³-hybridized carbons (Fsp3) is 0.214. The van der Waals surface area contributed by atoms with Crippen molar-refractivity contribution in [3.8, 4) is 0 Å². The number of benzene rings is 1. The second-order valence-corrected chi connectivity index (χ2v) is 4.29. The van der Waals surface area contributed by atoms with Crippen molar-refractivity contribution in [3.05, 3.63) is 54.5 Å². The quantitative estimate of drug-likeness (QED) is 0.693. The van der Waals surface area contributed by atoms with E-state index in [1.54, 1.807) is 6.07 Å². The third-order valence-corrected chi connectivity index (χ3v) is 3.23. The molecule has 3 aromatic rings. The zero-order valence-corrected chi connectivity index (χ0v) is 10.2. The van der Waals surface area contributed by atoms with Crippen molar-refractivity contribution in [2.75, 3.05) is 0 Å². The van der Waals surface area contributed by atoms with E-state index in [0.29, 0.717) is 11.9 Å². The zero-order chi connectivity index (χ0) is 12.5. The molecule has 0 aliphatic carbocycles. The lowest BCUT2D eigenvalue weighted by atomic mass is 10.2. The predicted octanol–water partition coefficient (Wildman–Crippen LogP) is 3.05. The molecule has 0 atom stereocenters. The summed E-state index contributed by atoms with van der Waals surface area (Å²) in [5, 5.41) is 0.667. The third kappa shape index (κ3) is 1.70. The van der Waals surface area contributed by atoms with E-state index in [1.165, 1.54) is 6.07 Å². The van der Waals surface area contributed by atoms with Crippen LogP contribution in [0.5, 0.6) is 0 Å². The van der Waals surface area contributed by atoms with Gasteiger partial charge in [-0.25, -0.2) is 9.37 Å². The molecule has 0 saturated heterocycles. The minimum atomic E-state index is -0.171. The van der Waals surface area contributed by atoms with Crippen molar-refractivity contribution in [2.45, 2.75) is 20.0 Å². The van der Waals surface area contributed by atoms with Gasteiger partial charge in [0.05, 0.1) is 24.1 Å². The summed E-state index contributed by atoms with van der Waals surface area (Å²) in [6.07, 6.45) is 5.59. The fourth-order valence-corrected chi connectivity index (χ4v) is 2.26. The molecule has 92 valence electrons. The van der Waals surface area contributed by atoms with Crippen molar-refractivity contribution in [1.82, 2.24) is 14.1 Å². The number of aryl methyl sites for hydroxylation is 1. The molecule has 0 amide bonds. The highest BCUT2D eigenvalue weighted by Gasteiger charge is 2.07. The molecule has 0 bridgehead atoms. The van der Waals surface area contributed by atoms with Gasteiger partial charge in [-0.15, -0.1) is 0 Å². The van der Waals surface area contributed by atoms with E-state index < -0.39 is 0 Å². The Morgan fingerprint density at radius 3 is 2.94 bits per heavy atom. The number of nitrogens with zero attached hydrogens (tertiary/aromatic N) is 3. The summed E-state index contributed by atoms with van der Waals surface area (Å²) >= 11 is 0. The molecule has 2 aromatic heterocycles. The standard InChI is InChI=1S/C14H14FN3/c1-2-17-10-16-8-11(17)9-18-7-6-12-13(15)4-3-5-14(12)18/h3-8,10H,2,9H2,1H3. The number of halogens is 1. The van der Waals surface area contributed by atoms with E-state index in [4.69, 9.17) is 0 Å². The number of hydrogen-bond donors (Lipinski definition) is 0. The molecule has 0 spiro atoms. The number of hydrogen-bond acceptors (Lipinski definition) is 1. The molecule has 0 fully saturated rings. The van der Waals surface area contributed by atoms with Gasteiger partial charge in [-0.3, -0.25) is 0 Å². The van der Waals surface area contributed by atoms with Gasteiger partial charge < -0.3 is 9.13 Å². The molecule has 3 nitrogen and oxygen atoms in total. The van der Waals surface area contributed by atoms with E-state index in [2.05, 4.69) is 16.5 Å². The van der Waals surface area contributed by atoms with E-state index in [-0.39, 0.29) is 5.82 Å². The Balaban J connectivity index is 2.03. The Morgan fingerprint density at radius 1 is 1.22 bits per heavy atom. The summed E-state index contributed by atoms with van der Waals surface area (Å²) in [6.45, 7) is 3.68. The van der Waals surface area contributed by atoms with Gasteiger partial charge in [0.1, 0.15) is 5.82 Å². The topological polar surface area (TPSA) is 22.8 Å². The van der Waals surface area contributed by atoms with Gasteiger partial charge in [0.25, 0.3) is 0 Å². The van der Waals surface area contributed by atoms with Crippen molar-refractivity contribution in [2.24, 2.45) is 0 Å². The number of imidazole rings is 1. The molecule has 18 heavy (non-hydrogen) atoms. The van der Waals surface area contributed by atoms with Crippen LogP contribution < -0.4 is 0 Å². The Morgan fingerprint density at radius 2 is 2.11 bits per heavy atom. The lowest BCUT2D eigenvalue weighted by Gasteiger charge is -2.07. The van der Waals surface area contributed by atoms with Gasteiger partial charge in [-0.2, -0.15) is 0 Å². The van der Waals surface area contributed by atoms with Gasteiger partial charge in [-0.1, -0.05) is 6.07 Å². The minimum Gasteiger partial charge on any atom is -0.341 e. The Kier molecular flexibility index (Phi) is 2.63. The van der Waals surface area contributed by atoms with Crippen LogP contribution in [0.4, 0.5) is 4.39 Å². The summed E-state index contributed by atoms with van der Waals surface area (Å²) in [7, 11) is 0. The second kappa shape index (κ2) is 4.29. The molecule has 0 saturated carbocycles. The molecule has 0 radical (unpaired) electrons. The average molecular weight is 243 g/mol. The normalized spacial score (nSPS) is 11.2. The van der Waals surface area contributed by atoms with E-state index in [0.717, 1.165) is 17.8 Å². The highest BCUT2D eigenvalue weighted by Crippen LogP contribution is 2.20. The van der Waals surface area contributed by atoms with Crippen LogP contribution >= 0.6 is 0 Å². The molecular weight excluding hydrogens is 229 g/mol. The first kappa shape index (κ1) is 11.0. The summed E-state index contributed by atoms with van der Waals surface area (Å²) < 4.78 is 17.7. The maximum atomic E-state index is 13.6. The highest BCUT2D eigenvalue weighted by atomic mass is 19.1. The number of aromatic nitrogens is 3. The molecule has 2 heterocycles. The van der Waals surface area contributed by atoms with Crippen molar-refractivity contribution in [3.63, 3.8) is 0 Å². The van der Waals surface area contributed by atoms with Gasteiger partial charge >= 0.3 is 0 Å². The number of rotatable bonds is 3. The van der Waals surface area contributed by atoms with Crippen molar-refractivity contribution in [1.29, 1.82) is 0 Å². The van der Waals surface area contributed by atoms with Crippen LogP contribution in [0.15, 0.2) is 43.0 Å². The van der Waals surface area contributed by atoms with Crippen LogP contribution in [0, 0.1) is 5.82 Å². The molecule has 0 N–H and O–H groups in total. The lowest BCUT2D eigenvalue weighted by Crippen LogP contribution is -2.05. The monoisotopic (exact) mass is 243 g/mol. The van der Waals surface area contributed by atoms with Gasteiger partial charge in [0.15, 0.2) is 0 Å². The maximum Gasteiger partial charge on any atom is 0.132 e. The minimum absolute atomic E-state index is 0.171. The molecule has 0 aliphatic rings. The summed E-state index contributed by atoms with van der Waals surface area (Å²) in [5.74, 6) is -0.171. The molecule has 3 rings (SSSR count). The van der Waals surface area contributed by atoms with Crippen LogP contribution in [0.1, 0.15) is 12.6 Å². The highest BCUT2D eigenvalue weighted by molar-refractivity contribution is 5.80. The van der Waals surface area contributed by atoms with Crippen molar-refractivity contribution < 1.29 is 4.39 Å². The first-order chi connectivity index (χ1) is 8.79. The van der Waals surface area contributed by atoms with E-state index in [9.17, 15) is 4.39 Å². The zero-order valence-electron chi connectivity index (χ0n) is 10.2. The Bertz CT molecular complexity index is 681. The molecule has 0 unspecified atom stereocenters. The number of fused-ring (bicyclic) bond motifs is 1. The molecule has 1 aromatic carbocycles. The second-order valence-electron chi connectivity index (χ2n) is 4.29. The summed E-state index contributed by atoms with van der Waals surface area (Å²) in [4.78, 5) is 4.15. The van der Waals surface area contributed by atoms with Gasteiger partial charge in [-0.05, 0) is 25.1 Å². The SMILES string of the molecule is CCn1cncc1Cn1ccc2c(F)cccc21. The van der Waals surface area contributed by atoms with Crippen LogP contribution in [0.2, 0.25) is 0 Å². The van der Waals surface area contributed by atoms with Crippen LogP contribution in [0.25, 0.3) is 10.9 Å². The molecule has 4 heteroatoms. The van der Waals surface area contributed by atoms with Crippen LogP contribution in [-0.4, -0.2) is 14.1 Å². The third-order valence-electron chi connectivity index (χ3n) is 3.23. The molecule has 0 aliphatic heterocycles. The predicted molar refractivity (Wildman–Crippen MR) is 68.9 cm³/mol. The van der Waals surface area contributed by atoms with Gasteiger partial charge in [0, 0.05) is 24.3 Å². The fourth-order valence-electron chi connectivity index (χ4n) is 2.26. The van der Waals surface area contributed by atoms with E-state index in [1.807, 2.05) is 35.4 Å². The van der Waals surface area contributed by atoms with Crippen LogP contribution in [-0.2, 0) is 13.1 Å². The lowest BCUT2D eigenvalue weighted by molar-refractivity contribution is 0.639. The summed E-state index contributed by atoms with van der Waals surface area (Å²) in [6, 6.07) is 6.98. The van der Waals surface area contributed by atoms with Crippen LogP contribution in [0.3, 0.4) is 0 Å². The Labute approximate surface area is 104 Å². The summed E-state index contributed by atoms with van der Waals surface area (Å²) in [5.41, 5.74) is 2.04. The van der Waals surface area contributed by atoms with Gasteiger partial charge in [0.2, 0.25) is 0 Å². The molecular formula is C14H14FN3. The van der Waals surface area contributed by atoms with Crippen molar-refractivity contribution >= 4 is 10.9 Å².